The van der Waals surface area contributed by atoms with Crippen LogP contribution in [0.4, 0.5) is 10.5 Å². The molecule has 1 rings (SSSR count). The van der Waals surface area contributed by atoms with Gasteiger partial charge in [-0.15, -0.1) is 0 Å². The Kier molecular flexibility index (Phi) is 11.8. The molecule has 1 amide bonds. The van der Waals surface area contributed by atoms with E-state index in [1.807, 2.05) is 6.92 Å². The van der Waals surface area contributed by atoms with Crippen LogP contribution in [0.15, 0.2) is 18.2 Å². The van der Waals surface area contributed by atoms with Gasteiger partial charge in [0.2, 0.25) is 0 Å². The van der Waals surface area contributed by atoms with Gasteiger partial charge in [0, 0.05) is 5.69 Å². The van der Waals surface area contributed by atoms with E-state index >= 15 is 0 Å². The minimum atomic E-state index is -0.638. The van der Waals surface area contributed by atoms with Crippen molar-refractivity contribution in [3.05, 3.63) is 29.3 Å². The number of aliphatic hydroxyl groups excluding tert-OH is 2. The Morgan fingerprint density at radius 1 is 0.926 bits per heavy atom. The SMILES string of the molecule is Cc1ccc(NC(=O)OCCOCCO)cc1CC(=O)OCCOCCO. The number of benzene rings is 1. The van der Waals surface area contributed by atoms with Gasteiger partial charge in [-0.2, -0.15) is 0 Å². The molecule has 0 fully saturated rings. The summed E-state index contributed by atoms with van der Waals surface area (Å²) in [5.74, 6) is -0.411. The van der Waals surface area contributed by atoms with Gasteiger partial charge in [0.1, 0.15) is 13.2 Å². The number of amides is 1. The highest BCUT2D eigenvalue weighted by molar-refractivity contribution is 5.85. The Balaban J connectivity index is 2.42. The molecule has 0 bridgehead atoms. The molecule has 152 valence electrons. The van der Waals surface area contributed by atoms with Crippen molar-refractivity contribution in [2.24, 2.45) is 0 Å². The molecule has 1 aromatic carbocycles. The summed E-state index contributed by atoms with van der Waals surface area (Å²) in [6.45, 7) is 2.68. The molecule has 3 N–H and O–H groups in total. The number of aryl methyl sites for hydroxylation is 1. The van der Waals surface area contributed by atoms with Crippen LogP contribution in [0.1, 0.15) is 11.1 Å². The normalized spacial score (nSPS) is 10.5. The van der Waals surface area contributed by atoms with E-state index in [-0.39, 0.29) is 59.3 Å². The fraction of sp³-hybridized carbons (Fsp3) is 0.556. The third kappa shape index (κ3) is 10.5. The van der Waals surface area contributed by atoms with Gasteiger partial charge in [-0.1, -0.05) is 6.07 Å². The topological polar surface area (TPSA) is 124 Å². The van der Waals surface area contributed by atoms with Gasteiger partial charge < -0.3 is 29.2 Å². The number of aliphatic hydroxyl groups is 2. The number of esters is 1. The largest absolute Gasteiger partial charge is 0.463 e. The summed E-state index contributed by atoms with van der Waals surface area (Å²) in [7, 11) is 0. The molecular formula is C18H27NO8. The van der Waals surface area contributed by atoms with E-state index in [0.717, 1.165) is 11.1 Å². The zero-order chi connectivity index (χ0) is 19.9. The lowest BCUT2D eigenvalue weighted by Gasteiger charge is -2.11. The van der Waals surface area contributed by atoms with Crippen LogP contribution in [0.5, 0.6) is 0 Å². The van der Waals surface area contributed by atoms with Crippen LogP contribution in [-0.2, 0) is 30.2 Å². The molecule has 0 aliphatic rings. The molecule has 0 aromatic heterocycles. The Labute approximate surface area is 158 Å². The number of hydrogen-bond acceptors (Lipinski definition) is 8. The molecule has 27 heavy (non-hydrogen) atoms. The van der Waals surface area contributed by atoms with Gasteiger partial charge in [0.25, 0.3) is 0 Å². The summed E-state index contributed by atoms with van der Waals surface area (Å²) in [5.41, 5.74) is 2.11. The van der Waals surface area contributed by atoms with Crippen molar-refractivity contribution < 1.29 is 38.7 Å². The first-order chi connectivity index (χ1) is 13.1. The van der Waals surface area contributed by atoms with Crippen LogP contribution in [0.2, 0.25) is 0 Å². The van der Waals surface area contributed by atoms with E-state index in [1.54, 1.807) is 18.2 Å². The Hall–Kier alpha value is -2.20. The summed E-state index contributed by atoms with van der Waals surface area (Å²) in [5, 5.41) is 19.7. The van der Waals surface area contributed by atoms with E-state index in [4.69, 9.17) is 29.2 Å². The van der Waals surface area contributed by atoms with Crippen LogP contribution in [0.25, 0.3) is 0 Å². The number of carbonyl (C=O) groups is 2. The molecule has 0 aliphatic heterocycles. The van der Waals surface area contributed by atoms with Crippen LogP contribution in [0.3, 0.4) is 0 Å². The number of nitrogens with one attached hydrogen (secondary N) is 1. The summed E-state index contributed by atoms with van der Waals surface area (Å²) in [6, 6.07) is 5.17. The van der Waals surface area contributed by atoms with Crippen molar-refractivity contribution in [3.8, 4) is 0 Å². The van der Waals surface area contributed by atoms with E-state index in [1.165, 1.54) is 0 Å². The van der Waals surface area contributed by atoms with Crippen molar-refractivity contribution in [3.63, 3.8) is 0 Å². The summed E-state index contributed by atoms with van der Waals surface area (Å²) < 4.78 is 20.0. The molecule has 0 spiro atoms. The standard InChI is InChI=1S/C18H27NO8/c1-14-2-3-16(19-18(23)27-11-9-25-7-5-21)12-15(14)13-17(22)26-10-8-24-6-4-20/h2-3,12,20-21H,4-11,13H2,1H3,(H,19,23). The first kappa shape index (κ1) is 22.8. The maximum Gasteiger partial charge on any atom is 0.411 e. The molecule has 9 heteroatoms. The monoisotopic (exact) mass is 385 g/mol. The van der Waals surface area contributed by atoms with Gasteiger partial charge in [0.05, 0.1) is 46.1 Å². The van der Waals surface area contributed by atoms with Crippen molar-refractivity contribution >= 4 is 17.7 Å². The molecule has 0 unspecified atom stereocenters. The average molecular weight is 385 g/mol. The lowest BCUT2D eigenvalue weighted by Crippen LogP contribution is -2.18. The maximum absolute atomic E-state index is 11.9. The molecule has 0 saturated carbocycles. The van der Waals surface area contributed by atoms with Crippen LogP contribution >= 0.6 is 0 Å². The zero-order valence-electron chi connectivity index (χ0n) is 15.4. The molecule has 1 aromatic rings. The van der Waals surface area contributed by atoms with Crippen LogP contribution < -0.4 is 5.32 Å². The lowest BCUT2D eigenvalue weighted by atomic mass is 10.0. The molecule has 0 heterocycles. The van der Waals surface area contributed by atoms with E-state index in [9.17, 15) is 9.59 Å². The highest BCUT2D eigenvalue weighted by atomic mass is 16.6. The lowest BCUT2D eigenvalue weighted by molar-refractivity contribution is -0.144. The predicted octanol–water partition coefficient (Wildman–Crippen LogP) is 0.647. The Bertz CT molecular complexity index is 578. The molecule has 0 radical (unpaired) electrons. The maximum atomic E-state index is 11.9. The second kappa shape index (κ2) is 13.9. The van der Waals surface area contributed by atoms with Gasteiger partial charge in [-0.25, -0.2) is 4.79 Å². The fourth-order valence-corrected chi connectivity index (χ4v) is 2.04. The number of rotatable bonds is 13. The first-order valence-corrected chi connectivity index (χ1v) is 8.63. The van der Waals surface area contributed by atoms with E-state index in [2.05, 4.69) is 5.32 Å². The van der Waals surface area contributed by atoms with Crippen molar-refractivity contribution in [1.82, 2.24) is 0 Å². The number of carbonyl (C=O) groups excluding carboxylic acids is 2. The van der Waals surface area contributed by atoms with Gasteiger partial charge >= 0.3 is 12.1 Å². The third-order valence-corrected chi connectivity index (χ3v) is 3.35. The van der Waals surface area contributed by atoms with E-state index in [0.29, 0.717) is 5.69 Å². The average Bonchev–Trinajstić information content (AvgIpc) is 2.64. The first-order valence-electron chi connectivity index (χ1n) is 8.63. The second-order valence-corrected chi connectivity index (χ2v) is 5.47. The van der Waals surface area contributed by atoms with Crippen molar-refractivity contribution in [2.75, 3.05) is 58.2 Å². The minimum absolute atomic E-state index is 0.0609. The quantitative estimate of drug-likeness (QED) is 0.334. The summed E-state index contributed by atoms with van der Waals surface area (Å²) in [4.78, 5) is 23.6. The zero-order valence-corrected chi connectivity index (χ0v) is 15.4. The van der Waals surface area contributed by atoms with Gasteiger partial charge in [-0.3, -0.25) is 10.1 Å². The Morgan fingerprint density at radius 2 is 1.56 bits per heavy atom. The molecular weight excluding hydrogens is 358 g/mol. The fourth-order valence-electron chi connectivity index (χ4n) is 2.04. The third-order valence-electron chi connectivity index (χ3n) is 3.35. The number of hydrogen-bond donors (Lipinski definition) is 3. The van der Waals surface area contributed by atoms with Crippen molar-refractivity contribution in [2.45, 2.75) is 13.3 Å². The van der Waals surface area contributed by atoms with Crippen LogP contribution in [0, 0.1) is 6.92 Å². The Morgan fingerprint density at radius 3 is 2.19 bits per heavy atom. The predicted molar refractivity (Wildman–Crippen MR) is 96.6 cm³/mol. The summed E-state index contributed by atoms with van der Waals surface area (Å²) in [6.07, 6.45) is -0.577. The molecule has 0 saturated heterocycles. The highest BCUT2D eigenvalue weighted by Gasteiger charge is 2.10. The number of ether oxygens (including phenoxy) is 4. The van der Waals surface area contributed by atoms with Crippen molar-refractivity contribution in [1.29, 1.82) is 0 Å². The minimum Gasteiger partial charge on any atom is -0.463 e. The second-order valence-electron chi connectivity index (χ2n) is 5.47. The highest BCUT2D eigenvalue weighted by Crippen LogP contribution is 2.16. The van der Waals surface area contributed by atoms with Crippen LogP contribution in [-0.4, -0.2) is 75.1 Å². The smallest absolute Gasteiger partial charge is 0.411 e. The van der Waals surface area contributed by atoms with Gasteiger partial charge in [-0.05, 0) is 30.2 Å². The van der Waals surface area contributed by atoms with Gasteiger partial charge in [0.15, 0.2) is 0 Å². The summed E-state index contributed by atoms with van der Waals surface area (Å²) >= 11 is 0. The molecule has 0 aliphatic carbocycles. The number of anilines is 1. The molecule has 9 nitrogen and oxygen atoms in total. The van der Waals surface area contributed by atoms with E-state index < -0.39 is 12.1 Å². The molecule has 0 atom stereocenters.